The number of benzene rings is 1. The van der Waals surface area contributed by atoms with Gasteiger partial charge >= 0.3 is 12.1 Å². The zero-order chi connectivity index (χ0) is 20.2. The third kappa shape index (κ3) is 5.44. The minimum atomic E-state index is -4.55. The Morgan fingerprint density at radius 2 is 2.04 bits per heavy atom. The summed E-state index contributed by atoms with van der Waals surface area (Å²) in [6.45, 7) is 1.38. The molecule has 0 amide bonds. The first kappa shape index (κ1) is 21.2. The maximum Gasteiger partial charge on any atom is 0.419 e. The van der Waals surface area contributed by atoms with Crippen LogP contribution in [0, 0.1) is 6.92 Å². The lowest BCUT2D eigenvalue weighted by molar-refractivity contribution is -0.140. The Morgan fingerprint density at radius 3 is 2.67 bits per heavy atom. The van der Waals surface area contributed by atoms with Gasteiger partial charge in [0.25, 0.3) is 0 Å². The zero-order valence-corrected chi connectivity index (χ0v) is 15.6. The average Bonchev–Trinajstić information content (AvgIpc) is 2.58. The number of thioether (sulfide) groups is 1. The summed E-state index contributed by atoms with van der Waals surface area (Å²) in [7, 11) is -4.00. The fourth-order valence-corrected chi connectivity index (χ4v) is 4.19. The van der Waals surface area contributed by atoms with Crippen LogP contribution in [0.25, 0.3) is 0 Å². The fraction of sp³-hybridized carbons (Fsp3) is 0.250. The Morgan fingerprint density at radius 1 is 1.33 bits per heavy atom. The molecule has 0 aliphatic heterocycles. The van der Waals surface area contributed by atoms with Crippen LogP contribution in [-0.4, -0.2) is 36.8 Å². The quantitative estimate of drug-likeness (QED) is 0.524. The molecule has 1 aromatic carbocycles. The SMILES string of the molecule is Cc1ccc(S(=O)(=O)NCCSc2ncccc2C(F)(F)F)cc1C(=O)O.[HH]. The first-order chi connectivity index (χ1) is 12.5. The van der Waals surface area contributed by atoms with Gasteiger partial charge < -0.3 is 5.11 Å². The van der Waals surface area contributed by atoms with Crippen molar-refractivity contribution in [1.29, 1.82) is 0 Å². The topological polar surface area (TPSA) is 96.4 Å². The predicted molar refractivity (Wildman–Crippen MR) is 95.4 cm³/mol. The number of carboxylic acids is 1. The third-order valence-electron chi connectivity index (χ3n) is 3.46. The molecule has 0 bridgehead atoms. The van der Waals surface area contributed by atoms with Gasteiger partial charge in [-0.2, -0.15) is 13.2 Å². The Hall–Kier alpha value is -2.11. The summed E-state index contributed by atoms with van der Waals surface area (Å²) in [5.41, 5.74) is -0.620. The van der Waals surface area contributed by atoms with Gasteiger partial charge in [0.15, 0.2) is 0 Å². The zero-order valence-electron chi connectivity index (χ0n) is 13.9. The average molecular weight is 422 g/mol. The van der Waals surface area contributed by atoms with E-state index < -0.39 is 27.7 Å². The molecule has 0 saturated carbocycles. The molecular formula is C16H17F3N2O4S2. The highest BCUT2D eigenvalue weighted by Gasteiger charge is 2.34. The number of hydrogen-bond acceptors (Lipinski definition) is 5. The number of alkyl halides is 3. The third-order valence-corrected chi connectivity index (χ3v) is 5.92. The van der Waals surface area contributed by atoms with Crippen LogP contribution in [0.15, 0.2) is 46.5 Å². The molecule has 2 aromatic rings. The number of rotatable bonds is 7. The van der Waals surface area contributed by atoms with E-state index in [0.29, 0.717) is 5.56 Å². The first-order valence-corrected chi connectivity index (χ1v) is 9.98. The number of nitrogens with zero attached hydrogens (tertiary/aromatic N) is 1. The van der Waals surface area contributed by atoms with Gasteiger partial charge in [-0.25, -0.2) is 22.9 Å². The normalized spacial score (nSPS) is 12.1. The van der Waals surface area contributed by atoms with Crippen molar-refractivity contribution in [1.82, 2.24) is 9.71 Å². The lowest BCUT2D eigenvalue weighted by atomic mass is 10.1. The smallest absolute Gasteiger partial charge is 0.419 e. The molecule has 0 unspecified atom stereocenters. The lowest BCUT2D eigenvalue weighted by Crippen LogP contribution is -2.26. The van der Waals surface area contributed by atoms with Crippen molar-refractivity contribution in [2.45, 2.75) is 23.0 Å². The summed E-state index contributed by atoms with van der Waals surface area (Å²) in [5, 5.41) is 8.83. The maximum absolute atomic E-state index is 12.9. The number of pyridine rings is 1. The second-order valence-corrected chi connectivity index (χ2v) is 8.23. The van der Waals surface area contributed by atoms with Crippen LogP contribution in [0.1, 0.15) is 22.9 Å². The number of aryl methyl sites for hydroxylation is 1. The molecule has 2 N–H and O–H groups in total. The van der Waals surface area contributed by atoms with Crippen molar-refractivity contribution < 1.29 is 32.9 Å². The summed E-state index contributed by atoms with van der Waals surface area (Å²) in [6, 6.07) is 5.74. The van der Waals surface area contributed by atoms with Crippen LogP contribution in [0.5, 0.6) is 0 Å². The van der Waals surface area contributed by atoms with E-state index in [1.54, 1.807) is 0 Å². The van der Waals surface area contributed by atoms with E-state index >= 15 is 0 Å². The highest BCUT2D eigenvalue weighted by molar-refractivity contribution is 7.99. The summed E-state index contributed by atoms with van der Waals surface area (Å²) in [4.78, 5) is 14.6. The summed E-state index contributed by atoms with van der Waals surface area (Å²) in [6.07, 6.45) is -3.33. The molecule has 11 heteroatoms. The van der Waals surface area contributed by atoms with Gasteiger partial charge in [-0.05, 0) is 36.8 Å². The van der Waals surface area contributed by atoms with Crippen LogP contribution in [-0.2, 0) is 16.2 Å². The molecule has 1 aromatic heterocycles. The molecule has 0 aliphatic rings. The number of aromatic carboxylic acids is 1. The summed E-state index contributed by atoms with van der Waals surface area (Å²) < 4.78 is 65.4. The Labute approximate surface area is 159 Å². The molecular weight excluding hydrogens is 405 g/mol. The largest absolute Gasteiger partial charge is 0.478 e. The molecule has 148 valence electrons. The van der Waals surface area contributed by atoms with Crippen molar-refractivity contribution in [3.8, 4) is 0 Å². The van der Waals surface area contributed by atoms with Crippen LogP contribution >= 0.6 is 11.8 Å². The van der Waals surface area contributed by atoms with Gasteiger partial charge in [-0.15, -0.1) is 11.8 Å². The van der Waals surface area contributed by atoms with Crippen molar-refractivity contribution in [3.05, 3.63) is 53.2 Å². The Bertz CT molecular complexity index is 953. The Balaban J connectivity index is 0.00000392. The number of aromatic nitrogens is 1. The second-order valence-electron chi connectivity index (χ2n) is 5.38. The van der Waals surface area contributed by atoms with E-state index in [1.165, 1.54) is 31.3 Å². The standard InChI is InChI=1S/C16H15F3N2O4S2.H2/c1-10-4-5-11(9-12(10)15(22)23)27(24,25)21-7-8-26-14-13(16(17,18)19)3-2-6-20-14;/h2-6,9,21H,7-8H2,1H3,(H,22,23);1H. The number of halogens is 3. The van der Waals surface area contributed by atoms with E-state index in [2.05, 4.69) is 9.71 Å². The molecule has 0 radical (unpaired) electrons. The lowest BCUT2D eigenvalue weighted by Gasteiger charge is -2.11. The number of carboxylic acid groups (broad SMARTS) is 1. The number of nitrogens with one attached hydrogen (secondary N) is 1. The first-order valence-electron chi connectivity index (χ1n) is 7.51. The van der Waals surface area contributed by atoms with E-state index in [1.807, 2.05) is 0 Å². The number of sulfonamides is 1. The van der Waals surface area contributed by atoms with Gasteiger partial charge in [-0.1, -0.05) is 6.07 Å². The van der Waals surface area contributed by atoms with Crippen LogP contribution in [0.3, 0.4) is 0 Å². The van der Waals surface area contributed by atoms with E-state index in [0.717, 1.165) is 23.9 Å². The Kier molecular flexibility index (Phi) is 6.50. The van der Waals surface area contributed by atoms with Crippen LogP contribution in [0.2, 0.25) is 0 Å². The molecule has 6 nitrogen and oxygen atoms in total. The minimum absolute atomic E-state index is 0. The summed E-state index contributed by atoms with van der Waals surface area (Å²) >= 11 is 0.768. The second kappa shape index (κ2) is 8.28. The van der Waals surface area contributed by atoms with Crippen molar-refractivity contribution in [2.24, 2.45) is 0 Å². The molecule has 0 spiro atoms. The van der Waals surface area contributed by atoms with E-state index in [4.69, 9.17) is 5.11 Å². The van der Waals surface area contributed by atoms with Crippen molar-refractivity contribution in [3.63, 3.8) is 0 Å². The van der Waals surface area contributed by atoms with Crippen molar-refractivity contribution >= 4 is 27.8 Å². The van der Waals surface area contributed by atoms with Gasteiger partial charge in [0.2, 0.25) is 10.0 Å². The number of hydrogen-bond donors (Lipinski definition) is 2. The minimum Gasteiger partial charge on any atom is -0.478 e. The van der Waals surface area contributed by atoms with Gasteiger partial charge in [-0.3, -0.25) is 0 Å². The monoisotopic (exact) mass is 422 g/mol. The molecule has 2 rings (SSSR count). The molecule has 0 fully saturated rings. The van der Waals surface area contributed by atoms with Gasteiger partial charge in [0.1, 0.15) is 5.03 Å². The number of carbonyl (C=O) groups is 1. The van der Waals surface area contributed by atoms with E-state index in [-0.39, 0.29) is 29.2 Å². The van der Waals surface area contributed by atoms with Gasteiger partial charge in [0, 0.05) is 19.9 Å². The van der Waals surface area contributed by atoms with Gasteiger partial charge in [0.05, 0.1) is 16.0 Å². The molecule has 0 atom stereocenters. The molecule has 0 saturated heterocycles. The summed E-state index contributed by atoms with van der Waals surface area (Å²) in [5.74, 6) is -1.24. The molecule has 1 heterocycles. The highest BCUT2D eigenvalue weighted by atomic mass is 32.2. The van der Waals surface area contributed by atoms with E-state index in [9.17, 15) is 26.4 Å². The maximum atomic E-state index is 12.9. The van der Waals surface area contributed by atoms with Crippen LogP contribution < -0.4 is 4.72 Å². The predicted octanol–water partition coefficient (Wildman–Crippen LogP) is 3.42. The van der Waals surface area contributed by atoms with Crippen LogP contribution in [0.4, 0.5) is 13.2 Å². The van der Waals surface area contributed by atoms with Crippen molar-refractivity contribution in [2.75, 3.05) is 12.3 Å². The highest BCUT2D eigenvalue weighted by Crippen LogP contribution is 2.35. The molecule has 27 heavy (non-hydrogen) atoms. The fourth-order valence-electron chi connectivity index (χ4n) is 2.13. The molecule has 0 aliphatic carbocycles.